The molecule has 41 heavy (non-hydrogen) atoms. The quantitative estimate of drug-likeness (QED) is 0.265. The minimum absolute atomic E-state index is 0.0247. The number of thiocarbonyl (C=S) groups is 1. The third-order valence-electron chi connectivity index (χ3n) is 7.43. The van der Waals surface area contributed by atoms with Crippen molar-refractivity contribution in [1.82, 2.24) is 9.47 Å². The summed E-state index contributed by atoms with van der Waals surface area (Å²) in [6, 6.07) is 7.56. The molecule has 0 radical (unpaired) electrons. The average molecular weight is 595 g/mol. The zero-order chi connectivity index (χ0) is 29.3. The van der Waals surface area contributed by atoms with Crippen molar-refractivity contribution >= 4 is 52.1 Å². The Morgan fingerprint density at radius 1 is 1.27 bits per heavy atom. The molecule has 10 nitrogen and oxygen atoms in total. The Hall–Kier alpha value is -3.82. The summed E-state index contributed by atoms with van der Waals surface area (Å²) in [6.45, 7) is 7.35. The number of ether oxygens (including phenoxy) is 3. The molecule has 12 heteroatoms. The van der Waals surface area contributed by atoms with E-state index in [1.54, 1.807) is 30.6 Å². The number of hydrogen-bond acceptors (Lipinski definition) is 10. The number of carbonyl (C=O) groups excluding carboxylic acids is 2. The molecule has 0 N–H and O–H groups in total. The van der Waals surface area contributed by atoms with Crippen molar-refractivity contribution < 1.29 is 23.8 Å². The summed E-state index contributed by atoms with van der Waals surface area (Å²) < 4.78 is 18.1. The number of amides is 1. The molecule has 1 aromatic carbocycles. The van der Waals surface area contributed by atoms with E-state index in [2.05, 4.69) is 6.07 Å². The predicted octanol–water partition coefficient (Wildman–Crippen LogP) is 3.96. The topological polar surface area (TPSA) is 114 Å². The van der Waals surface area contributed by atoms with E-state index >= 15 is 0 Å². The molecule has 0 aliphatic carbocycles. The number of benzene rings is 1. The summed E-state index contributed by atoms with van der Waals surface area (Å²) in [7, 11) is 0. The first-order chi connectivity index (χ1) is 19.8. The second kappa shape index (κ2) is 12.0. The number of esters is 1. The minimum Gasteiger partial charge on any atom is -0.466 e. The van der Waals surface area contributed by atoms with Crippen LogP contribution < -0.4 is 19.9 Å². The Morgan fingerprint density at radius 3 is 2.78 bits per heavy atom. The Kier molecular flexibility index (Phi) is 8.37. The van der Waals surface area contributed by atoms with E-state index in [-0.39, 0.29) is 36.7 Å². The monoisotopic (exact) mass is 594 g/mol. The van der Waals surface area contributed by atoms with Crippen LogP contribution in [0.3, 0.4) is 0 Å². The molecule has 214 valence electrons. The number of fused-ring (bicyclic) bond motifs is 1. The van der Waals surface area contributed by atoms with Crippen LogP contribution in [0.1, 0.15) is 48.9 Å². The van der Waals surface area contributed by atoms with Gasteiger partial charge in [0.25, 0.3) is 11.5 Å². The first-order valence-electron chi connectivity index (χ1n) is 13.5. The number of aromatic nitrogens is 1. The van der Waals surface area contributed by atoms with Crippen molar-refractivity contribution in [2.75, 3.05) is 31.4 Å². The highest BCUT2D eigenvalue weighted by molar-refractivity contribution is 8.26. The van der Waals surface area contributed by atoms with Gasteiger partial charge in [-0.15, -0.1) is 0 Å². The number of hydrogen-bond donors (Lipinski definition) is 0. The van der Waals surface area contributed by atoms with E-state index in [1.807, 2.05) is 24.0 Å². The Balaban J connectivity index is 1.53. The first-order valence-corrected chi connectivity index (χ1v) is 14.7. The van der Waals surface area contributed by atoms with Gasteiger partial charge in [-0.05, 0) is 62.9 Å². The molecule has 0 bridgehead atoms. The number of pyridine rings is 1. The Labute approximate surface area is 247 Å². The molecule has 0 spiro atoms. The van der Waals surface area contributed by atoms with Crippen LogP contribution in [0, 0.1) is 24.2 Å². The molecule has 5 rings (SSSR count). The Morgan fingerprint density at radius 2 is 2.05 bits per heavy atom. The van der Waals surface area contributed by atoms with Gasteiger partial charge in [0.15, 0.2) is 11.5 Å². The number of thioether (sulfide) groups is 1. The summed E-state index contributed by atoms with van der Waals surface area (Å²) in [5.41, 5.74) is 1.55. The van der Waals surface area contributed by atoms with Gasteiger partial charge < -0.3 is 19.1 Å². The number of nitriles is 1. The molecular weight excluding hydrogens is 564 g/mol. The van der Waals surface area contributed by atoms with Crippen LogP contribution >= 0.6 is 24.0 Å². The number of piperidine rings is 1. The van der Waals surface area contributed by atoms with Crippen LogP contribution in [0.25, 0.3) is 6.08 Å². The molecule has 3 aliphatic heterocycles. The Bertz CT molecular complexity index is 1560. The smallest absolute Gasteiger partial charge is 0.310 e. The number of nitrogens with zero attached hydrogens (tertiary/aromatic N) is 4. The van der Waals surface area contributed by atoms with Gasteiger partial charge in [-0.25, -0.2) is 0 Å². The number of anilines is 1. The second-order valence-corrected chi connectivity index (χ2v) is 11.6. The summed E-state index contributed by atoms with van der Waals surface area (Å²) >= 11 is 6.77. The van der Waals surface area contributed by atoms with Gasteiger partial charge in [-0.1, -0.05) is 30.0 Å². The number of carbonyl (C=O) groups is 2. The van der Waals surface area contributed by atoms with Crippen LogP contribution in [-0.2, 0) is 27.4 Å². The van der Waals surface area contributed by atoms with Crippen molar-refractivity contribution in [3.05, 3.63) is 55.7 Å². The third-order valence-corrected chi connectivity index (χ3v) is 8.81. The van der Waals surface area contributed by atoms with Gasteiger partial charge in [-0.3, -0.25) is 23.9 Å². The molecular formula is C29H30N4O6S2. The second-order valence-electron chi connectivity index (χ2n) is 9.89. The van der Waals surface area contributed by atoms with Gasteiger partial charge in [0, 0.05) is 25.2 Å². The highest BCUT2D eigenvalue weighted by Gasteiger charge is 2.35. The summed E-state index contributed by atoms with van der Waals surface area (Å²) in [5, 5.41) is 9.87. The fraction of sp³-hybridized carbons (Fsp3) is 0.414. The summed E-state index contributed by atoms with van der Waals surface area (Å²) in [6.07, 6.45) is 3.15. The van der Waals surface area contributed by atoms with Crippen LogP contribution in [0.2, 0.25) is 0 Å². The van der Waals surface area contributed by atoms with Gasteiger partial charge in [0.2, 0.25) is 6.79 Å². The van der Waals surface area contributed by atoms with E-state index in [1.165, 1.54) is 16.7 Å². The molecule has 2 saturated heterocycles. The van der Waals surface area contributed by atoms with Gasteiger partial charge in [0.05, 0.1) is 24.0 Å². The average Bonchev–Trinajstić information content (AvgIpc) is 3.54. The predicted molar refractivity (Wildman–Crippen MR) is 159 cm³/mol. The van der Waals surface area contributed by atoms with Crippen molar-refractivity contribution in [2.24, 2.45) is 5.92 Å². The van der Waals surface area contributed by atoms with E-state index in [9.17, 15) is 19.6 Å². The van der Waals surface area contributed by atoms with Crippen molar-refractivity contribution in [3.63, 3.8) is 0 Å². The molecule has 3 aliphatic rings. The molecule has 4 heterocycles. The highest BCUT2D eigenvalue weighted by atomic mass is 32.2. The highest BCUT2D eigenvalue weighted by Crippen LogP contribution is 2.39. The van der Waals surface area contributed by atoms with Gasteiger partial charge in [-0.2, -0.15) is 5.26 Å². The SMILES string of the molecule is CCOC(=O)C1CCCN(c2c(C=C3SC(=S)N(Cc4ccc5c(c4)OCO5)C3=O)c(C)c(C#N)c(=O)n2CC)C1. The molecule has 0 saturated carbocycles. The maximum atomic E-state index is 13.6. The molecule has 1 aromatic heterocycles. The lowest BCUT2D eigenvalue weighted by Crippen LogP contribution is -2.43. The maximum Gasteiger partial charge on any atom is 0.310 e. The fourth-order valence-electron chi connectivity index (χ4n) is 5.39. The molecule has 2 aromatic rings. The van der Waals surface area contributed by atoms with Crippen LogP contribution in [0.15, 0.2) is 27.9 Å². The van der Waals surface area contributed by atoms with Crippen LogP contribution in [0.5, 0.6) is 11.5 Å². The molecule has 1 unspecified atom stereocenters. The zero-order valence-corrected chi connectivity index (χ0v) is 24.7. The van der Waals surface area contributed by atoms with Crippen molar-refractivity contribution in [3.8, 4) is 17.6 Å². The van der Waals surface area contributed by atoms with Gasteiger partial charge >= 0.3 is 5.97 Å². The van der Waals surface area contributed by atoms with Gasteiger partial charge in [0.1, 0.15) is 21.8 Å². The lowest BCUT2D eigenvalue weighted by atomic mass is 9.96. The molecule has 1 amide bonds. The summed E-state index contributed by atoms with van der Waals surface area (Å²) in [5.74, 6) is 0.996. The van der Waals surface area contributed by atoms with E-state index in [4.69, 9.17) is 26.4 Å². The zero-order valence-electron chi connectivity index (χ0n) is 23.1. The van der Waals surface area contributed by atoms with E-state index < -0.39 is 5.56 Å². The lowest BCUT2D eigenvalue weighted by Gasteiger charge is -2.36. The molecule has 1 atom stereocenters. The largest absolute Gasteiger partial charge is 0.466 e. The normalized spacial score (nSPS) is 19.2. The maximum absolute atomic E-state index is 13.6. The number of rotatable bonds is 7. The molecule has 2 fully saturated rings. The first kappa shape index (κ1) is 28.7. The van der Waals surface area contributed by atoms with Crippen LogP contribution in [0.4, 0.5) is 5.82 Å². The lowest BCUT2D eigenvalue weighted by molar-refractivity contribution is -0.148. The fourth-order valence-corrected chi connectivity index (χ4v) is 6.63. The van der Waals surface area contributed by atoms with E-state index in [0.717, 1.165) is 12.0 Å². The van der Waals surface area contributed by atoms with Crippen molar-refractivity contribution in [1.29, 1.82) is 5.26 Å². The summed E-state index contributed by atoms with van der Waals surface area (Å²) in [4.78, 5) is 43.5. The minimum atomic E-state index is -0.395. The third kappa shape index (κ3) is 5.44. The van der Waals surface area contributed by atoms with Crippen LogP contribution in [-0.4, -0.2) is 52.2 Å². The standard InChI is InChI=1S/C29H30N4O6S2/c1-4-32-25(31-10-6-7-19(15-31)28(36)37-5-2)20(17(3)21(13-30)26(32)34)12-24-27(35)33(29(40)41-24)14-18-8-9-22-23(11-18)39-16-38-22/h8-9,11-12,19H,4-7,10,14-16H2,1-3H3. The van der Waals surface area contributed by atoms with Crippen molar-refractivity contribution in [2.45, 2.75) is 46.7 Å². The van der Waals surface area contributed by atoms with E-state index in [0.29, 0.717) is 70.3 Å².